The summed E-state index contributed by atoms with van der Waals surface area (Å²) in [4.78, 5) is 22.5. The molecule has 0 heterocycles. The van der Waals surface area contributed by atoms with Crippen LogP contribution in [0.3, 0.4) is 0 Å². The van der Waals surface area contributed by atoms with Gasteiger partial charge in [0.2, 0.25) is 11.8 Å². The minimum Gasteiger partial charge on any atom is -0.383 e. The predicted molar refractivity (Wildman–Crippen MR) is 61.8 cm³/mol. The predicted octanol–water partition coefficient (Wildman–Crippen LogP) is 0.0342. The van der Waals surface area contributed by atoms with Crippen molar-refractivity contribution in [1.82, 2.24) is 10.6 Å². The van der Waals surface area contributed by atoms with E-state index < -0.39 is 12.0 Å². The number of nitrogens with one attached hydrogen (secondary N) is 2. The van der Waals surface area contributed by atoms with Gasteiger partial charge in [0, 0.05) is 18.5 Å². The van der Waals surface area contributed by atoms with Crippen LogP contribution < -0.4 is 10.6 Å². The van der Waals surface area contributed by atoms with Crippen molar-refractivity contribution in [1.29, 1.82) is 0 Å². The number of carbonyl (C=O) groups is 2. The first-order valence-electron chi connectivity index (χ1n) is 5.60. The largest absolute Gasteiger partial charge is 0.383 e. The molecule has 1 atom stereocenters. The van der Waals surface area contributed by atoms with Gasteiger partial charge >= 0.3 is 0 Å². The molecule has 2 amide bonds. The second kappa shape index (κ2) is 7.22. The van der Waals surface area contributed by atoms with Gasteiger partial charge in [-0.2, -0.15) is 0 Å². The summed E-state index contributed by atoms with van der Waals surface area (Å²) in [6.07, 6.45) is -0.827. The highest BCUT2D eigenvalue weighted by Gasteiger charge is 2.15. The molecule has 94 valence electrons. The van der Waals surface area contributed by atoms with Crippen LogP contribution in [0.15, 0.2) is 0 Å². The van der Waals surface area contributed by atoms with Gasteiger partial charge in [-0.15, -0.1) is 0 Å². The smallest absolute Gasteiger partial charge is 0.249 e. The second-order valence-electron chi connectivity index (χ2n) is 4.41. The molecule has 0 aliphatic heterocycles. The summed E-state index contributed by atoms with van der Waals surface area (Å²) in [5.74, 6) is -0.549. The van der Waals surface area contributed by atoms with Crippen LogP contribution >= 0.6 is 0 Å². The zero-order valence-electron chi connectivity index (χ0n) is 10.4. The molecule has 0 bridgehead atoms. The first-order valence-corrected chi connectivity index (χ1v) is 5.60. The maximum Gasteiger partial charge on any atom is 0.249 e. The van der Waals surface area contributed by atoms with Crippen LogP contribution in [-0.2, 0) is 9.59 Å². The maximum atomic E-state index is 11.3. The third-order valence-electron chi connectivity index (χ3n) is 1.97. The van der Waals surface area contributed by atoms with E-state index in [9.17, 15) is 14.7 Å². The summed E-state index contributed by atoms with van der Waals surface area (Å²) >= 11 is 0. The summed E-state index contributed by atoms with van der Waals surface area (Å²) in [5.41, 5.74) is 0. The Balaban J connectivity index is 3.77. The molecule has 5 heteroatoms. The molecule has 0 radical (unpaired) electrons. The zero-order valence-corrected chi connectivity index (χ0v) is 10.4. The molecular weight excluding hydrogens is 208 g/mol. The summed E-state index contributed by atoms with van der Waals surface area (Å²) in [6.45, 7) is 7.54. The van der Waals surface area contributed by atoms with Gasteiger partial charge in [-0.25, -0.2) is 0 Å². The summed E-state index contributed by atoms with van der Waals surface area (Å²) in [6, 6.07) is 0.00686. The zero-order chi connectivity index (χ0) is 12.7. The minimum atomic E-state index is -1.06. The second-order valence-corrected chi connectivity index (χ2v) is 4.41. The molecular formula is C11H22N2O3. The van der Waals surface area contributed by atoms with Gasteiger partial charge in [0.15, 0.2) is 0 Å². The van der Waals surface area contributed by atoms with E-state index in [0.29, 0.717) is 6.54 Å². The Bertz CT molecular complexity index is 239. The van der Waals surface area contributed by atoms with Gasteiger partial charge in [0.25, 0.3) is 0 Å². The fourth-order valence-electron chi connectivity index (χ4n) is 1.05. The van der Waals surface area contributed by atoms with Crippen molar-refractivity contribution in [3.63, 3.8) is 0 Å². The Hall–Kier alpha value is -1.10. The number of amides is 2. The third kappa shape index (κ3) is 6.40. The van der Waals surface area contributed by atoms with E-state index in [-0.39, 0.29) is 24.3 Å². The number of hydrogen-bond donors (Lipinski definition) is 3. The Morgan fingerprint density at radius 3 is 2.12 bits per heavy atom. The van der Waals surface area contributed by atoms with E-state index in [1.54, 1.807) is 13.8 Å². The molecule has 3 N–H and O–H groups in total. The Morgan fingerprint density at radius 2 is 1.69 bits per heavy atom. The number of rotatable bonds is 6. The van der Waals surface area contributed by atoms with E-state index in [4.69, 9.17) is 0 Å². The lowest BCUT2D eigenvalue weighted by molar-refractivity contribution is -0.130. The SMILES string of the molecule is CC(C)NC(=O)[C@@H](O)CCNC(=O)C(C)C. The summed E-state index contributed by atoms with van der Waals surface area (Å²) in [5, 5.41) is 14.7. The van der Waals surface area contributed by atoms with Gasteiger partial charge in [0.1, 0.15) is 6.10 Å². The van der Waals surface area contributed by atoms with Crippen molar-refractivity contribution < 1.29 is 14.7 Å². The molecule has 5 nitrogen and oxygen atoms in total. The topological polar surface area (TPSA) is 78.4 Å². The first-order chi connectivity index (χ1) is 7.34. The monoisotopic (exact) mass is 230 g/mol. The lowest BCUT2D eigenvalue weighted by atomic mass is 10.2. The fourth-order valence-corrected chi connectivity index (χ4v) is 1.05. The van der Waals surface area contributed by atoms with Crippen LogP contribution in [-0.4, -0.2) is 35.6 Å². The van der Waals surface area contributed by atoms with Gasteiger partial charge in [-0.1, -0.05) is 13.8 Å². The molecule has 0 unspecified atom stereocenters. The molecule has 0 rings (SSSR count). The molecule has 0 aromatic rings. The van der Waals surface area contributed by atoms with Crippen molar-refractivity contribution in [2.24, 2.45) is 5.92 Å². The van der Waals surface area contributed by atoms with E-state index in [2.05, 4.69) is 10.6 Å². The van der Waals surface area contributed by atoms with Crippen LogP contribution in [0.5, 0.6) is 0 Å². The molecule has 0 saturated heterocycles. The number of aliphatic hydroxyl groups excluding tert-OH is 1. The molecule has 0 saturated carbocycles. The van der Waals surface area contributed by atoms with E-state index in [0.717, 1.165) is 0 Å². The molecule has 0 spiro atoms. The van der Waals surface area contributed by atoms with Crippen molar-refractivity contribution >= 4 is 11.8 Å². The normalized spacial score (nSPS) is 12.7. The average molecular weight is 230 g/mol. The molecule has 0 fully saturated rings. The number of hydrogen-bond acceptors (Lipinski definition) is 3. The average Bonchev–Trinajstić information content (AvgIpc) is 2.15. The third-order valence-corrected chi connectivity index (χ3v) is 1.97. The van der Waals surface area contributed by atoms with Gasteiger partial charge in [0.05, 0.1) is 0 Å². The lowest BCUT2D eigenvalue weighted by Gasteiger charge is -2.14. The van der Waals surface area contributed by atoms with E-state index in [1.165, 1.54) is 0 Å². The van der Waals surface area contributed by atoms with Gasteiger partial charge < -0.3 is 15.7 Å². The highest BCUT2D eigenvalue weighted by Crippen LogP contribution is 1.94. The lowest BCUT2D eigenvalue weighted by Crippen LogP contribution is -2.40. The molecule has 0 aliphatic rings. The van der Waals surface area contributed by atoms with Crippen LogP contribution in [0.4, 0.5) is 0 Å². The standard InChI is InChI=1S/C11H22N2O3/c1-7(2)10(15)12-6-5-9(14)11(16)13-8(3)4/h7-9,14H,5-6H2,1-4H3,(H,12,15)(H,13,16)/t9-/m0/s1. The van der Waals surface area contributed by atoms with Gasteiger partial charge in [-0.3, -0.25) is 9.59 Å². The Labute approximate surface area is 96.6 Å². The van der Waals surface area contributed by atoms with E-state index in [1.807, 2.05) is 13.8 Å². The van der Waals surface area contributed by atoms with E-state index >= 15 is 0 Å². The number of carbonyl (C=O) groups excluding carboxylic acids is 2. The summed E-state index contributed by atoms with van der Waals surface area (Å²) in [7, 11) is 0. The Morgan fingerprint density at radius 1 is 1.12 bits per heavy atom. The van der Waals surface area contributed by atoms with Crippen LogP contribution in [0.2, 0.25) is 0 Å². The number of aliphatic hydroxyl groups is 1. The van der Waals surface area contributed by atoms with Crippen molar-refractivity contribution in [2.75, 3.05) is 6.54 Å². The Kier molecular flexibility index (Phi) is 6.72. The maximum absolute atomic E-state index is 11.3. The fraction of sp³-hybridized carbons (Fsp3) is 0.818. The summed E-state index contributed by atoms with van der Waals surface area (Å²) < 4.78 is 0. The van der Waals surface area contributed by atoms with Crippen LogP contribution in [0.1, 0.15) is 34.1 Å². The highest BCUT2D eigenvalue weighted by atomic mass is 16.3. The quantitative estimate of drug-likeness (QED) is 0.602. The molecule has 0 aromatic carbocycles. The molecule has 16 heavy (non-hydrogen) atoms. The first kappa shape index (κ1) is 14.9. The molecule has 0 aliphatic carbocycles. The van der Waals surface area contributed by atoms with Crippen molar-refractivity contribution in [3.8, 4) is 0 Å². The molecule has 0 aromatic heterocycles. The van der Waals surface area contributed by atoms with Crippen molar-refractivity contribution in [3.05, 3.63) is 0 Å². The van der Waals surface area contributed by atoms with Crippen LogP contribution in [0, 0.1) is 5.92 Å². The highest BCUT2D eigenvalue weighted by molar-refractivity contribution is 5.81. The minimum absolute atomic E-state index is 0.00686. The van der Waals surface area contributed by atoms with Crippen molar-refractivity contribution in [2.45, 2.75) is 46.3 Å². The van der Waals surface area contributed by atoms with Gasteiger partial charge in [-0.05, 0) is 20.3 Å². The van der Waals surface area contributed by atoms with Crippen LogP contribution in [0.25, 0.3) is 0 Å².